The number of fused-ring (bicyclic) bond motifs is 1. The molecule has 0 fully saturated rings. The normalized spacial score (nSPS) is 10.4. The molecule has 2 aromatic rings. The summed E-state index contributed by atoms with van der Waals surface area (Å²) in [5, 5.41) is 0.998. The molecule has 0 aliphatic rings. The van der Waals surface area contributed by atoms with Crippen molar-refractivity contribution in [3.63, 3.8) is 0 Å². The molecule has 1 heterocycles. The van der Waals surface area contributed by atoms with E-state index in [9.17, 15) is 4.79 Å². The molecule has 1 aromatic carbocycles. The maximum absolute atomic E-state index is 11.5. The van der Waals surface area contributed by atoms with E-state index in [0.29, 0.717) is 5.56 Å². The molecule has 0 spiro atoms. The quantitative estimate of drug-likeness (QED) is 0.720. The Morgan fingerprint density at radius 1 is 1.25 bits per heavy atom. The van der Waals surface area contributed by atoms with Crippen molar-refractivity contribution < 1.29 is 4.79 Å². The molecular formula is C13H14N2O. The average molecular weight is 214 g/mol. The molecular weight excluding hydrogens is 200 g/mol. The second-order valence-corrected chi connectivity index (χ2v) is 4.00. The Balaban J connectivity index is 2.76. The number of para-hydroxylation sites is 1. The lowest BCUT2D eigenvalue weighted by molar-refractivity contribution is 0.101. The molecule has 1 aromatic heterocycles. The zero-order chi connectivity index (χ0) is 11.7. The van der Waals surface area contributed by atoms with E-state index in [1.54, 1.807) is 6.92 Å². The molecule has 2 rings (SSSR count). The smallest absolute Gasteiger partial charge is 0.163 e. The third-order valence-corrected chi connectivity index (χ3v) is 2.51. The number of anilines is 1. The van der Waals surface area contributed by atoms with Crippen LogP contribution in [0.5, 0.6) is 0 Å². The van der Waals surface area contributed by atoms with Gasteiger partial charge in [-0.05, 0) is 19.1 Å². The Morgan fingerprint density at radius 3 is 2.56 bits per heavy atom. The summed E-state index contributed by atoms with van der Waals surface area (Å²) in [4.78, 5) is 17.9. The zero-order valence-corrected chi connectivity index (χ0v) is 9.69. The van der Waals surface area contributed by atoms with Gasteiger partial charge in [-0.15, -0.1) is 0 Å². The minimum atomic E-state index is 0.0435. The van der Waals surface area contributed by atoms with Crippen molar-refractivity contribution in [3.05, 3.63) is 35.9 Å². The van der Waals surface area contributed by atoms with Crippen LogP contribution in [0.4, 0.5) is 5.82 Å². The number of aromatic nitrogens is 1. The summed E-state index contributed by atoms with van der Waals surface area (Å²) >= 11 is 0. The molecule has 0 radical (unpaired) electrons. The van der Waals surface area contributed by atoms with Gasteiger partial charge < -0.3 is 4.90 Å². The van der Waals surface area contributed by atoms with Gasteiger partial charge >= 0.3 is 0 Å². The minimum Gasteiger partial charge on any atom is -0.362 e. The lowest BCUT2D eigenvalue weighted by atomic mass is 10.1. The first-order chi connectivity index (χ1) is 7.59. The molecule has 0 bridgehead atoms. The summed E-state index contributed by atoms with van der Waals surface area (Å²) in [6.45, 7) is 1.57. The predicted octanol–water partition coefficient (Wildman–Crippen LogP) is 2.50. The van der Waals surface area contributed by atoms with Gasteiger partial charge in [0.15, 0.2) is 5.78 Å². The topological polar surface area (TPSA) is 33.2 Å². The third kappa shape index (κ3) is 1.76. The summed E-state index contributed by atoms with van der Waals surface area (Å²) in [5.74, 6) is 0.771. The Hall–Kier alpha value is -1.90. The summed E-state index contributed by atoms with van der Waals surface area (Å²) in [6, 6.07) is 9.71. The number of carbonyl (C=O) groups excluding carboxylic acids is 1. The molecule has 0 unspecified atom stereocenters. The van der Waals surface area contributed by atoms with Gasteiger partial charge in [0, 0.05) is 19.5 Å². The van der Waals surface area contributed by atoms with Gasteiger partial charge in [0.05, 0.1) is 11.1 Å². The van der Waals surface area contributed by atoms with Crippen LogP contribution in [-0.2, 0) is 0 Å². The number of ketones is 1. The number of rotatable bonds is 2. The molecule has 82 valence electrons. The molecule has 0 aliphatic carbocycles. The maximum Gasteiger partial charge on any atom is 0.163 e. The van der Waals surface area contributed by atoms with Gasteiger partial charge in [0.1, 0.15) is 5.82 Å². The first-order valence-corrected chi connectivity index (χ1v) is 5.17. The van der Waals surface area contributed by atoms with Crippen LogP contribution in [0, 0.1) is 0 Å². The molecule has 0 atom stereocenters. The molecule has 0 saturated carbocycles. The lowest BCUT2D eigenvalue weighted by Gasteiger charge is -2.15. The van der Waals surface area contributed by atoms with Gasteiger partial charge in [-0.1, -0.05) is 18.2 Å². The van der Waals surface area contributed by atoms with Gasteiger partial charge in [-0.2, -0.15) is 0 Å². The number of pyridine rings is 1. The summed E-state index contributed by atoms with van der Waals surface area (Å²) in [7, 11) is 3.78. The van der Waals surface area contributed by atoms with Crippen LogP contribution in [0.15, 0.2) is 30.3 Å². The number of Topliss-reactive ketones (excluding diaryl/α,β-unsaturated/α-hetero) is 1. The highest BCUT2D eigenvalue weighted by Gasteiger charge is 2.11. The van der Waals surface area contributed by atoms with Crippen molar-refractivity contribution in [1.29, 1.82) is 0 Å². The Labute approximate surface area is 94.7 Å². The molecule has 3 heteroatoms. The average Bonchev–Trinajstić information content (AvgIpc) is 2.27. The highest BCUT2D eigenvalue weighted by Crippen LogP contribution is 2.22. The van der Waals surface area contributed by atoms with Crippen molar-refractivity contribution in [1.82, 2.24) is 4.98 Å². The first-order valence-electron chi connectivity index (χ1n) is 5.17. The maximum atomic E-state index is 11.5. The molecule has 0 saturated heterocycles. The molecule has 0 N–H and O–H groups in total. The fourth-order valence-electron chi connectivity index (χ4n) is 1.71. The van der Waals surface area contributed by atoms with Gasteiger partial charge in [-0.25, -0.2) is 4.98 Å². The van der Waals surface area contributed by atoms with Crippen molar-refractivity contribution in [2.45, 2.75) is 6.92 Å². The number of benzene rings is 1. The summed E-state index contributed by atoms with van der Waals surface area (Å²) in [5.41, 5.74) is 1.58. The monoisotopic (exact) mass is 214 g/mol. The zero-order valence-electron chi connectivity index (χ0n) is 9.69. The Kier molecular flexibility index (Phi) is 2.60. The first kappa shape index (κ1) is 10.6. The highest BCUT2D eigenvalue weighted by atomic mass is 16.1. The van der Waals surface area contributed by atoms with Crippen LogP contribution in [0.1, 0.15) is 17.3 Å². The van der Waals surface area contributed by atoms with E-state index in [0.717, 1.165) is 16.7 Å². The lowest BCUT2D eigenvalue weighted by Crippen LogP contribution is -2.15. The van der Waals surface area contributed by atoms with E-state index in [4.69, 9.17) is 0 Å². The van der Waals surface area contributed by atoms with Crippen molar-refractivity contribution in [2.24, 2.45) is 0 Å². The number of hydrogen-bond donors (Lipinski definition) is 0. The van der Waals surface area contributed by atoms with Crippen LogP contribution in [0.25, 0.3) is 10.9 Å². The Morgan fingerprint density at radius 2 is 1.94 bits per heavy atom. The molecule has 0 amide bonds. The second-order valence-electron chi connectivity index (χ2n) is 4.00. The van der Waals surface area contributed by atoms with E-state index < -0.39 is 0 Å². The SMILES string of the molecule is CC(=O)c1cc2ccccc2nc1N(C)C. The van der Waals surface area contributed by atoms with E-state index >= 15 is 0 Å². The number of carbonyl (C=O) groups is 1. The van der Waals surface area contributed by atoms with Gasteiger partial charge in [0.25, 0.3) is 0 Å². The second kappa shape index (κ2) is 3.93. The highest BCUT2D eigenvalue weighted by molar-refractivity contribution is 6.02. The van der Waals surface area contributed by atoms with Crippen LogP contribution in [-0.4, -0.2) is 24.9 Å². The summed E-state index contributed by atoms with van der Waals surface area (Å²) < 4.78 is 0. The molecule has 3 nitrogen and oxygen atoms in total. The third-order valence-electron chi connectivity index (χ3n) is 2.51. The Bertz CT molecular complexity index is 547. The largest absolute Gasteiger partial charge is 0.362 e. The van der Waals surface area contributed by atoms with Crippen molar-refractivity contribution in [2.75, 3.05) is 19.0 Å². The van der Waals surface area contributed by atoms with Crippen molar-refractivity contribution in [3.8, 4) is 0 Å². The predicted molar refractivity (Wildman–Crippen MR) is 66.1 cm³/mol. The summed E-state index contributed by atoms with van der Waals surface area (Å²) in [6.07, 6.45) is 0. The number of nitrogens with zero attached hydrogens (tertiary/aromatic N) is 2. The minimum absolute atomic E-state index is 0.0435. The van der Waals surface area contributed by atoms with E-state index in [1.807, 2.05) is 49.3 Å². The van der Waals surface area contributed by atoms with Crippen LogP contribution in [0.2, 0.25) is 0 Å². The van der Waals surface area contributed by atoms with Gasteiger partial charge in [0.2, 0.25) is 0 Å². The molecule has 0 aliphatic heterocycles. The van der Waals surface area contributed by atoms with Gasteiger partial charge in [-0.3, -0.25) is 4.79 Å². The van der Waals surface area contributed by atoms with Crippen molar-refractivity contribution >= 4 is 22.5 Å². The fraction of sp³-hybridized carbons (Fsp3) is 0.231. The molecule has 16 heavy (non-hydrogen) atoms. The van der Waals surface area contributed by atoms with E-state index in [-0.39, 0.29) is 5.78 Å². The van der Waals surface area contributed by atoms with Crippen LogP contribution < -0.4 is 4.90 Å². The van der Waals surface area contributed by atoms with E-state index in [2.05, 4.69) is 4.98 Å². The fourth-order valence-corrected chi connectivity index (χ4v) is 1.71. The van der Waals surface area contributed by atoms with Crippen LogP contribution in [0.3, 0.4) is 0 Å². The standard InChI is InChI=1S/C13H14N2O/c1-9(16)11-8-10-6-4-5-7-12(10)14-13(11)15(2)3/h4-8H,1-3H3. The number of hydrogen-bond acceptors (Lipinski definition) is 3. The van der Waals surface area contributed by atoms with Crippen LogP contribution >= 0.6 is 0 Å². The van der Waals surface area contributed by atoms with E-state index in [1.165, 1.54) is 0 Å².